The van der Waals surface area contributed by atoms with E-state index in [-0.39, 0.29) is 11.8 Å². The first-order chi connectivity index (χ1) is 10.0. The highest BCUT2D eigenvalue weighted by molar-refractivity contribution is 5.94. The van der Waals surface area contributed by atoms with Crippen LogP contribution in [-0.2, 0) is 0 Å². The lowest BCUT2D eigenvalue weighted by Gasteiger charge is -2.16. The minimum atomic E-state index is -0.0164. The molecule has 3 rings (SSSR count). The van der Waals surface area contributed by atoms with E-state index in [1.807, 2.05) is 6.07 Å². The maximum Gasteiger partial charge on any atom is 0.251 e. The van der Waals surface area contributed by atoms with E-state index in [4.69, 9.17) is 5.73 Å². The van der Waals surface area contributed by atoms with Crippen LogP contribution in [0.1, 0.15) is 61.5 Å². The molecular formula is C17H25N3O. The first-order valence-corrected chi connectivity index (χ1v) is 8.10. The van der Waals surface area contributed by atoms with Crippen molar-refractivity contribution in [3.8, 4) is 0 Å². The highest BCUT2D eigenvalue weighted by atomic mass is 16.1. The van der Waals surface area contributed by atoms with Crippen molar-refractivity contribution >= 4 is 11.7 Å². The van der Waals surface area contributed by atoms with E-state index in [2.05, 4.69) is 24.1 Å². The van der Waals surface area contributed by atoms with Crippen LogP contribution in [-0.4, -0.2) is 17.4 Å². The second-order valence-corrected chi connectivity index (χ2v) is 6.91. The van der Waals surface area contributed by atoms with Gasteiger partial charge in [0.15, 0.2) is 0 Å². The number of nitrogen functional groups attached to an aromatic ring is 1. The number of nitrogens with two attached hydrogens (primary N) is 1. The van der Waals surface area contributed by atoms with Crippen molar-refractivity contribution in [2.24, 2.45) is 17.8 Å². The summed E-state index contributed by atoms with van der Waals surface area (Å²) in [5.41, 5.74) is 7.33. The Bertz CT molecular complexity index is 521. The minimum absolute atomic E-state index is 0.0164. The van der Waals surface area contributed by atoms with Gasteiger partial charge in [0.05, 0.1) is 0 Å². The topological polar surface area (TPSA) is 68.0 Å². The number of nitrogens with zero attached hydrogens (tertiary/aromatic N) is 1. The van der Waals surface area contributed by atoms with E-state index < -0.39 is 0 Å². The molecule has 2 saturated carbocycles. The van der Waals surface area contributed by atoms with Crippen molar-refractivity contribution in [2.75, 3.05) is 12.3 Å². The highest BCUT2D eigenvalue weighted by Gasteiger charge is 2.41. The molecule has 114 valence electrons. The first kappa shape index (κ1) is 14.4. The monoisotopic (exact) mass is 287 g/mol. The van der Waals surface area contributed by atoms with Gasteiger partial charge in [-0.25, -0.2) is 4.98 Å². The van der Waals surface area contributed by atoms with Crippen LogP contribution < -0.4 is 11.1 Å². The normalized spacial score (nSPS) is 18.3. The summed E-state index contributed by atoms with van der Waals surface area (Å²) in [5, 5.41) is 3.11. The van der Waals surface area contributed by atoms with E-state index in [1.54, 1.807) is 6.07 Å². The SMILES string of the molecule is CC(C)c1cc(C(=O)NCC(C2CC2)C2CC2)cc(N)n1. The molecule has 0 saturated heterocycles. The van der Waals surface area contributed by atoms with Gasteiger partial charge in [0, 0.05) is 17.8 Å². The Labute approximate surface area is 126 Å². The van der Waals surface area contributed by atoms with Gasteiger partial charge in [-0.2, -0.15) is 0 Å². The Balaban J connectivity index is 1.64. The number of amides is 1. The quantitative estimate of drug-likeness (QED) is 0.845. The van der Waals surface area contributed by atoms with Gasteiger partial charge in [0.1, 0.15) is 5.82 Å². The average molecular weight is 287 g/mol. The van der Waals surface area contributed by atoms with Crippen LogP contribution in [0.4, 0.5) is 5.82 Å². The van der Waals surface area contributed by atoms with Gasteiger partial charge in [-0.15, -0.1) is 0 Å². The van der Waals surface area contributed by atoms with Crippen molar-refractivity contribution in [2.45, 2.75) is 45.4 Å². The molecule has 2 aliphatic rings. The number of nitrogens with one attached hydrogen (secondary N) is 1. The first-order valence-electron chi connectivity index (χ1n) is 8.10. The Hall–Kier alpha value is -1.58. The third kappa shape index (κ3) is 3.55. The van der Waals surface area contributed by atoms with E-state index in [0.29, 0.717) is 17.3 Å². The molecule has 1 aromatic heterocycles. The number of anilines is 1. The fraction of sp³-hybridized carbons (Fsp3) is 0.647. The molecule has 0 atom stereocenters. The largest absolute Gasteiger partial charge is 0.384 e. The molecular weight excluding hydrogens is 262 g/mol. The molecule has 21 heavy (non-hydrogen) atoms. The molecule has 1 heterocycles. The molecule has 0 aromatic carbocycles. The predicted octanol–water partition coefficient (Wildman–Crippen LogP) is 2.95. The Kier molecular flexibility index (Phi) is 3.87. The Morgan fingerprint density at radius 2 is 1.90 bits per heavy atom. The maximum absolute atomic E-state index is 12.4. The number of carbonyl (C=O) groups excluding carboxylic acids is 1. The van der Waals surface area contributed by atoms with Crippen LogP contribution in [0.25, 0.3) is 0 Å². The molecule has 0 bridgehead atoms. The fourth-order valence-electron chi connectivity index (χ4n) is 3.08. The molecule has 4 nitrogen and oxygen atoms in total. The smallest absolute Gasteiger partial charge is 0.251 e. The van der Waals surface area contributed by atoms with Gasteiger partial charge in [0.2, 0.25) is 0 Å². The summed E-state index contributed by atoms with van der Waals surface area (Å²) in [7, 11) is 0. The number of rotatable bonds is 6. The number of hydrogen-bond acceptors (Lipinski definition) is 3. The number of carbonyl (C=O) groups is 1. The van der Waals surface area contributed by atoms with Gasteiger partial charge in [0.25, 0.3) is 5.91 Å². The predicted molar refractivity (Wildman–Crippen MR) is 84.0 cm³/mol. The van der Waals surface area contributed by atoms with Crippen molar-refractivity contribution in [3.63, 3.8) is 0 Å². The second-order valence-electron chi connectivity index (χ2n) is 6.91. The van der Waals surface area contributed by atoms with E-state index >= 15 is 0 Å². The zero-order valence-corrected chi connectivity index (χ0v) is 12.9. The van der Waals surface area contributed by atoms with E-state index in [0.717, 1.165) is 24.1 Å². The van der Waals surface area contributed by atoms with E-state index in [9.17, 15) is 4.79 Å². The molecule has 0 spiro atoms. The maximum atomic E-state index is 12.4. The molecule has 2 fully saturated rings. The molecule has 0 radical (unpaired) electrons. The molecule has 0 unspecified atom stereocenters. The number of pyridine rings is 1. The highest BCUT2D eigenvalue weighted by Crippen LogP contribution is 2.48. The van der Waals surface area contributed by atoms with Crippen molar-refractivity contribution in [1.82, 2.24) is 10.3 Å². The van der Waals surface area contributed by atoms with Crippen LogP contribution >= 0.6 is 0 Å². The van der Waals surface area contributed by atoms with Crippen molar-refractivity contribution < 1.29 is 4.79 Å². The van der Waals surface area contributed by atoms with Crippen molar-refractivity contribution in [1.29, 1.82) is 0 Å². The minimum Gasteiger partial charge on any atom is -0.384 e. The molecule has 0 aliphatic heterocycles. The standard InChI is InChI=1S/C17H25N3O/c1-10(2)15-7-13(8-16(18)20-15)17(21)19-9-14(11-3-4-11)12-5-6-12/h7-8,10-12,14H,3-6,9H2,1-2H3,(H2,18,20)(H,19,21). The van der Waals surface area contributed by atoms with Gasteiger partial charge in [-0.05, 0) is 61.5 Å². The lowest BCUT2D eigenvalue weighted by Crippen LogP contribution is -2.31. The lowest BCUT2D eigenvalue weighted by atomic mass is 9.98. The summed E-state index contributed by atoms with van der Waals surface area (Å²) in [6, 6.07) is 3.53. The zero-order valence-electron chi connectivity index (χ0n) is 12.9. The molecule has 2 aliphatic carbocycles. The summed E-state index contributed by atoms with van der Waals surface area (Å²) < 4.78 is 0. The van der Waals surface area contributed by atoms with Crippen molar-refractivity contribution in [3.05, 3.63) is 23.4 Å². The average Bonchev–Trinajstić information content (AvgIpc) is 3.31. The molecule has 1 amide bonds. The summed E-state index contributed by atoms with van der Waals surface area (Å²) >= 11 is 0. The van der Waals surface area contributed by atoms with Crippen LogP contribution in [0.15, 0.2) is 12.1 Å². The van der Waals surface area contributed by atoms with Crippen LogP contribution in [0.2, 0.25) is 0 Å². The number of hydrogen-bond donors (Lipinski definition) is 2. The van der Waals surface area contributed by atoms with E-state index in [1.165, 1.54) is 25.7 Å². The lowest BCUT2D eigenvalue weighted by molar-refractivity contribution is 0.0943. The third-order valence-corrected chi connectivity index (χ3v) is 4.67. The zero-order chi connectivity index (χ0) is 15.0. The van der Waals surface area contributed by atoms with Gasteiger partial charge in [-0.1, -0.05) is 13.8 Å². The fourth-order valence-corrected chi connectivity index (χ4v) is 3.08. The van der Waals surface area contributed by atoms with Gasteiger partial charge >= 0.3 is 0 Å². The Morgan fingerprint density at radius 1 is 1.29 bits per heavy atom. The summed E-state index contributed by atoms with van der Waals surface area (Å²) in [6.07, 6.45) is 5.38. The van der Waals surface area contributed by atoms with Crippen LogP contribution in [0.5, 0.6) is 0 Å². The van der Waals surface area contributed by atoms with Gasteiger partial charge in [-0.3, -0.25) is 4.79 Å². The summed E-state index contributed by atoms with van der Waals surface area (Å²) in [6.45, 7) is 4.92. The molecule has 3 N–H and O–H groups in total. The Morgan fingerprint density at radius 3 is 2.43 bits per heavy atom. The summed E-state index contributed by atoms with van der Waals surface area (Å²) in [4.78, 5) is 16.7. The number of aromatic nitrogens is 1. The third-order valence-electron chi connectivity index (χ3n) is 4.67. The summed E-state index contributed by atoms with van der Waals surface area (Å²) in [5.74, 6) is 3.08. The van der Waals surface area contributed by atoms with Crippen LogP contribution in [0.3, 0.4) is 0 Å². The molecule has 4 heteroatoms. The second kappa shape index (κ2) is 5.66. The van der Waals surface area contributed by atoms with Gasteiger partial charge < -0.3 is 11.1 Å². The molecule has 1 aromatic rings. The van der Waals surface area contributed by atoms with Crippen LogP contribution in [0, 0.1) is 17.8 Å².